The van der Waals surface area contributed by atoms with E-state index in [9.17, 15) is 9.90 Å². The van der Waals surface area contributed by atoms with Crippen molar-refractivity contribution in [3.8, 4) is 0 Å². The molecule has 0 aliphatic rings. The van der Waals surface area contributed by atoms with Crippen LogP contribution in [0.15, 0.2) is 72.9 Å². The van der Waals surface area contributed by atoms with Crippen molar-refractivity contribution in [2.24, 2.45) is 0 Å². The fourth-order valence-corrected chi connectivity index (χ4v) is 1.87. The number of aliphatic hydroxyl groups excluding tert-OH is 1. The van der Waals surface area contributed by atoms with E-state index in [0.717, 1.165) is 32.1 Å². The van der Waals surface area contributed by atoms with Gasteiger partial charge in [-0.05, 0) is 38.5 Å². The Morgan fingerprint density at radius 1 is 0.800 bits per heavy atom. The molecule has 0 aromatic carbocycles. The summed E-state index contributed by atoms with van der Waals surface area (Å²) in [6.07, 6.45) is 28.9. The lowest BCUT2D eigenvalue weighted by atomic mass is 10.2. The van der Waals surface area contributed by atoms with Gasteiger partial charge in [0.1, 0.15) is 0 Å². The van der Waals surface area contributed by atoms with Gasteiger partial charge in [0.2, 0.25) is 0 Å². The first-order valence-corrected chi connectivity index (χ1v) is 9.00. The zero-order chi connectivity index (χ0) is 18.6. The van der Waals surface area contributed by atoms with Crippen molar-refractivity contribution in [3.05, 3.63) is 72.9 Å². The van der Waals surface area contributed by atoms with E-state index in [2.05, 4.69) is 55.5 Å². The van der Waals surface area contributed by atoms with E-state index >= 15 is 0 Å². The van der Waals surface area contributed by atoms with Crippen LogP contribution in [0, 0.1) is 0 Å². The number of allylic oxidation sites excluding steroid dienone is 11. The molecular formula is C22H32O3. The fraction of sp³-hybridized carbons (Fsp3) is 0.409. The molecule has 0 unspecified atom stereocenters. The third-order valence-electron chi connectivity index (χ3n) is 3.23. The molecule has 0 aliphatic heterocycles. The largest absolute Gasteiger partial charge is 0.481 e. The number of hydrogen-bond donors (Lipinski definition) is 2. The van der Waals surface area contributed by atoms with Crippen molar-refractivity contribution in [3.63, 3.8) is 0 Å². The van der Waals surface area contributed by atoms with Crippen LogP contribution in [0.4, 0.5) is 0 Å². The number of carboxylic acid groups (broad SMARTS) is 1. The summed E-state index contributed by atoms with van der Waals surface area (Å²) < 4.78 is 0. The molecule has 0 saturated carbocycles. The predicted octanol–water partition coefficient (Wildman–Crippen LogP) is 5.52. The third-order valence-corrected chi connectivity index (χ3v) is 3.23. The summed E-state index contributed by atoms with van der Waals surface area (Å²) in [7, 11) is 0. The van der Waals surface area contributed by atoms with E-state index in [-0.39, 0.29) is 12.8 Å². The van der Waals surface area contributed by atoms with Gasteiger partial charge in [0, 0.05) is 6.42 Å². The van der Waals surface area contributed by atoms with Crippen LogP contribution in [0.1, 0.15) is 51.9 Å². The SMILES string of the molecule is CCC=CCC=CCC=CCC=CCC=CC=C[C@@H](O)CCC(=O)O. The molecular weight excluding hydrogens is 312 g/mol. The number of hydrogen-bond acceptors (Lipinski definition) is 2. The number of carboxylic acids is 1. The lowest BCUT2D eigenvalue weighted by Gasteiger charge is -2.00. The fourth-order valence-electron chi connectivity index (χ4n) is 1.87. The van der Waals surface area contributed by atoms with Crippen molar-refractivity contribution in [1.29, 1.82) is 0 Å². The van der Waals surface area contributed by atoms with Crippen molar-refractivity contribution >= 4 is 5.97 Å². The second kappa shape index (κ2) is 18.2. The predicted molar refractivity (Wildman–Crippen MR) is 106 cm³/mol. The molecule has 0 rings (SSSR count). The monoisotopic (exact) mass is 344 g/mol. The third kappa shape index (κ3) is 19.8. The molecule has 138 valence electrons. The molecule has 0 saturated heterocycles. The second-order valence-corrected chi connectivity index (χ2v) is 5.55. The molecule has 0 heterocycles. The average molecular weight is 344 g/mol. The molecule has 0 fully saturated rings. The molecule has 0 spiro atoms. The van der Waals surface area contributed by atoms with E-state index < -0.39 is 12.1 Å². The van der Waals surface area contributed by atoms with Crippen LogP contribution in [-0.4, -0.2) is 22.3 Å². The summed E-state index contributed by atoms with van der Waals surface area (Å²) in [5.74, 6) is -0.887. The normalized spacial score (nSPS) is 14.3. The maximum absolute atomic E-state index is 10.4. The molecule has 0 aromatic rings. The van der Waals surface area contributed by atoms with Crippen LogP contribution in [0.25, 0.3) is 0 Å². The maximum Gasteiger partial charge on any atom is 0.303 e. The lowest BCUT2D eigenvalue weighted by molar-refractivity contribution is -0.137. The quantitative estimate of drug-likeness (QED) is 0.322. The van der Waals surface area contributed by atoms with Crippen LogP contribution >= 0.6 is 0 Å². The van der Waals surface area contributed by atoms with Gasteiger partial charge in [-0.15, -0.1) is 0 Å². The Balaban J connectivity index is 3.66. The van der Waals surface area contributed by atoms with Gasteiger partial charge >= 0.3 is 5.97 Å². The number of carbonyl (C=O) groups is 1. The van der Waals surface area contributed by atoms with Gasteiger partial charge in [-0.25, -0.2) is 0 Å². The highest BCUT2D eigenvalue weighted by atomic mass is 16.4. The zero-order valence-electron chi connectivity index (χ0n) is 15.3. The Morgan fingerprint density at radius 2 is 1.28 bits per heavy atom. The van der Waals surface area contributed by atoms with Crippen LogP contribution < -0.4 is 0 Å². The summed E-state index contributed by atoms with van der Waals surface area (Å²) in [6, 6.07) is 0. The molecule has 1 atom stereocenters. The van der Waals surface area contributed by atoms with Crippen LogP contribution in [0.3, 0.4) is 0 Å². The lowest BCUT2D eigenvalue weighted by Crippen LogP contribution is -2.05. The Kier molecular flexibility index (Phi) is 16.7. The van der Waals surface area contributed by atoms with E-state index in [1.54, 1.807) is 12.2 Å². The molecule has 25 heavy (non-hydrogen) atoms. The Hall–Kier alpha value is -2.13. The van der Waals surface area contributed by atoms with Gasteiger partial charge in [0.15, 0.2) is 0 Å². The van der Waals surface area contributed by atoms with Gasteiger partial charge in [-0.1, -0.05) is 79.8 Å². The highest BCUT2D eigenvalue weighted by Crippen LogP contribution is 1.99. The zero-order valence-corrected chi connectivity index (χ0v) is 15.3. The van der Waals surface area contributed by atoms with E-state index in [0.29, 0.717) is 0 Å². The van der Waals surface area contributed by atoms with E-state index in [4.69, 9.17) is 5.11 Å². The van der Waals surface area contributed by atoms with Gasteiger partial charge in [0.25, 0.3) is 0 Å². The topological polar surface area (TPSA) is 57.5 Å². The van der Waals surface area contributed by atoms with Gasteiger partial charge in [-0.3, -0.25) is 4.79 Å². The average Bonchev–Trinajstić information content (AvgIpc) is 2.59. The first-order chi connectivity index (χ1) is 12.2. The van der Waals surface area contributed by atoms with Crippen molar-refractivity contribution in [1.82, 2.24) is 0 Å². The van der Waals surface area contributed by atoms with Crippen LogP contribution in [-0.2, 0) is 4.79 Å². The van der Waals surface area contributed by atoms with E-state index in [1.807, 2.05) is 12.2 Å². The summed E-state index contributed by atoms with van der Waals surface area (Å²) in [6.45, 7) is 2.14. The summed E-state index contributed by atoms with van der Waals surface area (Å²) in [5, 5.41) is 18.0. The molecule has 3 nitrogen and oxygen atoms in total. The minimum Gasteiger partial charge on any atom is -0.481 e. The molecule has 0 radical (unpaired) electrons. The number of aliphatic hydroxyl groups is 1. The first-order valence-electron chi connectivity index (χ1n) is 9.00. The number of rotatable bonds is 14. The smallest absolute Gasteiger partial charge is 0.303 e. The van der Waals surface area contributed by atoms with Gasteiger partial charge < -0.3 is 10.2 Å². The molecule has 2 N–H and O–H groups in total. The van der Waals surface area contributed by atoms with E-state index in [1.165, 1.54) is 0 Å². The minimum atomic E-state index is -0.887. The molecule has 3 heteroatoms. The minimum absolute atomic E-state index is 0.0167. The first kappa shape index (κ1) is 22.9. The second-order valence-electron chi connectivity index (χ2n) is 5.55. The van der Waals surface area contributed by atoms with Crippen molar-refractivity contribution < 1.29 is 15.0 Å². The van der Waals surface area contributed by atoms with Gasteiger partial charge in [-0.2, -0.15) is 0 Å². The van der Waals surface area contributed by atoms with Crippen LogP contribution in [0.2, 0.25) is 0 Å². The molecule has 0 bridgehead atoms. The highest BCUT2D eigenvalue weighted by molar-refractivity contribution is 5.66. The van der Waals surface area contributed by atoms with Gasteiger partial charge in [0.05, 0.1) is 6.10 Å². The Morgan fingerprint density at radius 3 is 1.76 bits per heavy atom. The molecule has 0 aromatic heterocycles. The van der Waals surface area contributed by atoms with Crippen LogP contribution in [0.5, 0.6) is 0 Å². The Labute approximate surface area is 152 Å². The standard InChI is InChI=1S/C22H32O3/c1-2-3-4-5-6-7-8-9-10-11-12-13-14-15-16-17-18-21(23)19-20-22(24)25/h3-4,6-7,9-10,12-13,15-18,21,23H,2,5,8,11,14,19-20H2,1H3,(H,24,25)/t21-/m1/s1. The highest BCUT2D eigenvalue weighted by Gasteiger charge is 2.02. The maximum atomic E-state index is 10.4. The summed E-state index contributed by atoms with van der Waals surface area (Å²) in [5.41, 5.74) is 0. The Bertz CT molecular complexity index is 493. The number of aliphatic carboxylic acids is 1. The summed E-state index contributed by atoms with van der Waals surface area (Å²) >= 11 is 0. The van der Waals surface area contributed by atoms with Crippen molar-refractivity contribution in [2.75, 3.05) is 0 Å². The van der Waals surface area contributed by atoms with Crippen molar-refractivity contribution in [2.45, 2.75) is 58.0 Å². The molecule has 0 aliphatic carbocycles. The summed E-state index contributed by atoms with van der Waals surface area (Å²) in [4.78, 5) is 10.4. The molecule has 0 amide bonds.